The minimum atomic E-state index is -0.513. The van der Waals surface area contributed by atoms with E-state index in [1.54, 1.807) is 24.3 Å². The summed E-state index contributed by atoms with van der Waals surface area (Å²) in [5, 5.41) is 0.980. The van der Waals surface area contributed by atoms with Crippen LogP contribution in [0.3, 0.4) is 0 Å². The predicted octanol–water partition coefficient (Wildman–Crippen LogP) is 3.14. The number of benzene rings is 1. The molecule has 0 aliphatic heterocycles. The third-order valence-corrected chi connectivity index (χ3v) is 3.92. The van der Waals surface area contributed by atoms with E-state index >= 15 is 0 Å². The highest BCUT2D eigenvalue weighted by molar-refractivity contribution is 5.96. The fourth-order valence-electron chi connectivity index (χ4n) is 2.48. The first-order chi connectivity index (χ1) is 11.5. The van der Waals surface area contributed by atoms with Gasteiger partial charge >= 0.3 is 5.97 Å². The molecule has 1 aromatic heterocycles. The number of carbonyl (C=O) groups excluding carboxylic acids is 2. The number of aromatic amines is 1. The molecule has 126 valence electrons. The highest BCUT2D eigenvalue weighted by atomic mass is 16.5. The average molecular weight is 326 g/mol. The number of rotatable bonds is 7. The normalized spacial score (nSPS) is 10.4. The van der Waals surface area contributed by atoms with Gasteiger partial charge in [0.2, 0.25) is 0 Å². The molecule has 24 heavy (non-hydrogen) atoms. The van der Waals surface area contributed by atoms with Crippen LogP contribution in [0.15, 0.2) is 43.5 Å². The molecule has 0 fully saturated rings. The Morgan fingerprint density at radius 3 is 2.50 bits per heavy atom. The van der Waals surface area contributed by atoms with E-state index in [0.717, 1.165) is 22.2 Å². The lowest BCUT2D eigenvalue weighted by Gasteiger charge is -2.18. The van der Waals surface area contributed by atoms with Gasteiger partial charge in [-0.1, -0.05) is 12.2 Å². The second-order valence-electron chi connectivity index (χ2n) is 5.59. The lowest BCUT2D eigenvalue weighted by molar-refractivity contribution is -0.133. The highest BCUT2D eigenvalue weighted by Crippen LogP contribution is 2.22. The summed E-state index contributed by atoms with van der Waals surface area (Å²) in [4.78, 5) is 29.0. The van der Waals surface area contributed by atoms with Crippen molar-refractivity contribution in [3.63, 3.8) is 0 Å². The molecule has 1 amide bonds. The number of amides is 1. The number of fused-ring (bicyclic) bond motifs is 1. The fourth-order valence-corrected chi connectivity index (χ4v) is 2.48. The molecule has 5 nitrogen and oxygen atoms in total. The van der Waals surface area contributed by atoms with Crippen molar-refractivity contribution in [2.24, 2.45) is 0 Å². The summed E-state index contributed by atoms with van der Waals surface area (Å²) in [6.07, 6.45) is 3.24. The van der Waals surface area contributed by atoms with Crippen molar-refractivity contribution in [2.45, 2.75) is 13.8 Å². The van der Waals surface area contributed by atoms with Crippen molar-refractivity contribution >= 4 is 22.8 Å². The van der Waals surface area contributed by atoms with Gasteiger partial charge in [0.15, 0.2) is 6.61 Å². The van der Waals surface area contributed by atoms with Crippen molar-refractivity contribution in [3.05, 3.63) is 60.3 Å². The van der Waals surface area contributed by atoms with Crippen LogP contribution in [0.5, 0.6) is 0 Å². The van der Waals surface area contributed by atoms with E-state index in [-0.39, 0.29) is 12.5 Å². The third-order valence-electron chi connectivity index (χ3n) is 3.92. The molecule has 0 aliphatic rings. The van der Waals surface area contributed by atoms with E-state index < -0.39 is 5.97 Å². The molecule has 2 aromatic rings. The number of carbonyl (C=O) groups is 2. The lowest BCUT2D eigenvalue weighted by atomic mass is 10.1. The number of hydrogen-bond acceptors (Lipinski definition) is 3. The van der Waals surface area contributed by atoms with Gasteiger partial charge in [-0.15, -0.1) is 13.2 Å². The number of nitrogens with one attached hydrogen (secondary N) is 1. The average Bonchev–Trinajstić information content (AvgIpc) is 2.86. The van der Waals surface area contributed by atoms with Gasteiger partial charge in [0.1, 0.15) is 0 Å². The maximum absolute atomic E-state index is 12.2. The van der Waals surface area contributed by atoms with Gasteiger partial charge in [-0.3, -0.25) is 4.79 Å². The summed E-state index contributed by atoms with van der Waals surface area (Å²) in [7, 11) is 0. The van der Waals surface area contributed by atoms with Crippen LogP contribution in [-0.4, -0.2) is 41.5 Å². The number of hydrogen-bond donors (Lipinski definition) is 1. The topological polar surface area (TPSA) is 62.4 Å². The Bertz CT molecular complexity index is 779. The molecule has 1 heterocycles. The molecule has 1 aromatic carbocycles. The maximum atomic E-state index is 12.2. The predicted molar refractivity (Wildman–Crippen MR) is 95.0 cm³/mol. The van der Waals surface area contributed by atoms with Crippen LogP contribution in [0.4, 0.5) is 0 Å². The largest absolute Gasteiger partial charge is 0.452 e. The Morgan fingerprint density at radius 1 is 1.21 bits per heavy atom. The smallest absolute Gasteiger partial charge is 0.338 e. The summed E-state index contributed by atoms with van der Waals surface area (Å²) < 4.78 is 5.15. The van der Waals surface area contributed by atoms with Gasteiger partial charge in [0, 0.05) is 29.7 Å². The first kappa shape index (κ1) is 17.5. The molecule has 0 saturated heterocycles. The maximum Gasteiger partial charge on any atom is 0.338 e. The Labute approximate surface area is 141 Å². The molecular weight excluding hydrogens is 304 g/mol. The van der Waals surface area contributed by atoms with Crippen LogP contribution in [0.1, 0.15) is 21.6 Å². The molecule has 0 aliphatic carbocycles. The number of H-pyrrole nitrogens is 1. The van der Waals surface area contributed by atoms with Crippen molar-refractivity contribution in [3.8, 4) is 0 Å². The van der Waals surface area contributed by atoms with E-state index in [2.05, 4.69) is 18.1 Å². The zero-order chi connectivity index (χ0) is 17.7. The number of aromatic nitrogens is 1. The van der Waals surface area contributed by atoms with E-state index in [1.807, 2.05) is 19.9 Å². The zero-order valence-electron chi connectivity index (χ0n) is 14.1. The Hall–Kier alpha value is -2.82. The zero-order valence-corrected chi connectivity index (χ0v) is 14.1. The summed E-state index contributed by atoms with van der Waals surface area (Å²) >= 11 is 0. The third kappa shape index (κ3) is 3.74. The second kappa shape index (κ2) is 7.64. The molecule has 1 N–H and O–H groups in total. The summed E-state index contributed by atoms with van der Waals surface area (Å²) in [5.74, 6) is -0.793. The first-order valence-electron chi connectivity index (χ1n) is 7.73. The molecule has 0 unspecified atom stereocenters. The van der Waals surface area contributed by atoms with Crippen LogP contribution in [0.2, 0.25) is 0 Å². The van der Waals surface area contributed by atoms with Gasteiger partial charge in [0.05, 0.1) is 5.56 Å². The van der Waals surface area contributed by atoms with Gasteiger partial charge < -0.3 is 14.6 Å². The van der Waals surface area contributed by atoms with Crippen molar-refractivity contribution in [1.29, 1.82) is 0 Å². The first-order valence-corrected chi connectivity index (χ1v) is 7.73. The van der Waals surface area contributed by atoms with Gasteiger partial charge in [-0.05, 0) is 37.6 Å². The fraction of sp³-hybridized carbons (Fsp3) is 0.263. The molecule has 5 heteroatoms. The second-order valence-corrected chi connectivity index (χ2v) is 5.59. The minimum Gasteiger partial charge on any atom is -0.452 e. The summed E-state index contributed by atoms with van der Waals surface area (Å²) in [6, 6.07) is 5.32. The Kier molecular flexibility index (Phi) is 5.58. The molecule has 2 rings (SSSR count). The summed E-state index contributed by atoms with van der Waals surface area (Å²) in [6.45, 7) is 11.7. The van der Waals surface area contributed by atoms with E-state index in [9.17, 15) is 9.59 Å². The molecule has 0 saturated carbocycles. The SMILES string of the molecule is C=CCN(CC=C)C(=O)COC(=O)c1ccc2[nH]c(C)c(C)c2c1. The number of ether oxygens (including phenoxy) is 1. The monoisotopic (exact) mass is 326 g/mol. The van der Waals surface area contributed by atoms with Crippen molar-refractivity contribution in [1.82, 2.24) is 9.88 Å². The highest BCUT2D eigenvalue weighted by Gasteiger charge is 2.15. The molecule has 0 atom stereocenters. The van der Waals surface area contributed by atoms with Crippen LogP contribution in [0.25, 0.3) is 10.9 Å². The molecule has 0 spiro atoms. The summed E-state index contributed by atoms with van der Waals surface area (Å²) in [5.41, 5.74) is 3.56. The van der Waals surface area contributed by atoms with E-state index in [4.69, 9.17) is 4.74 Å². The molecule has 0 radical (unpaired) electrons. The number of esters is 1. The van der Waals surface area contributed by atoms with E-state index in [0.29, 0.717) is 18.7 Å². The van der Waals surface area contributed by atoms with Crippen LogP contribution >= 0.6 is 0 Å². The van der Waals surface area contributed by atoms with Gasteiger partial charge in [-0.2, -0.15) is 0 Å². The minimum absolute atomic E-state index is 0.280. The van der Waals surface area contributed by atoms with E-state index in [1.165, 1.54) is 4.90 Å². The van der Waals surface area contributed by atoms with Crippen molar-refractivity contribution in [2.75, 3.05) is 19.7 Å². The van der Waals surface area contributed by atoms with Crippen molar-refractivity contribution < 1.29 is 14.3 Å². The molecular formula is C19H22N2O3. The lowest BCUT2D eigenvalue weighted by Crippen LogP contribution is -2.35. The molecule has 0 bridgehead atoms. The Morgan fingerprint density at radius 2 is 1.88 bits per heavy atom. The van der Waals surface area contributed by atoms with Crippen LogP contribution in [0, 0.1) is 13.8 Å². The standard InChI is InChI=1S/C19H22N2O3/c1-5-9-21(10-6-2)18(22)12-24-19(23)15-7-8-17-16(11-15)13(3)14(4)20-17/h5-8,11,20H,1-2,9-10,12H2,3-4H3. The van der Waals surface area contributed by atoms with Gasteiger partial charge in [-0.25, -0.2) is 4.79 Å². The van der Waals surface area contributed by atoms with Crippen LogP contribution in [-0.2, 0) is 9.53 Å². The number of nitrogens with zero attached hydrogens (tertiary/aromatic N) is 1. The quantitative estimate of drug-likeness (QED) is 0.628. The number of aryl methyl sites for hydroxylation is 2. The van der Waals surface area contributed by atoms with Gasteiger partial charge in [0.25, 0.3) is 5.91 Å². The Balaban J connectivity index is 2.06. The van der Waals surface area contributed by atoms with Crippen LogP contribution < -0.4 is 0 Å².